The molecule has 2 fully saturated rings. The Morgan fingerprint density at radius 2 is 1.82 bits per heavy atom. The second kappa shape index (κ2) is 7.94. The smallest absolute Gasteiger partial charge is 0.344 e. The summed E-state index contributed by atoms with van der Waals surface area (Å²) in [6.45, 7) is 2.35. The molecule has 176 valence electrons. The van der Waals surface area contributed by atoms with Crippen molar-refractivity contribution in [3.05, 3.63) is 65.7 Å². The Kier molecular flexibility index (Phi) is 5.16. The fraction of sp³-hybridized carbons (Fsp3) is 0.304. The van der Waals surface area contributed by atoms with E-state index in [0.29, 0.717) is 36.3 Å². The van der Waals surface area contributed by atoms with E-state index in [1.165, 1.54) is 6.07 Å². The van der Waals surface area contributed by atoms with Gasteiger partial charge in [-0.1, -0.05) is 42.5 Å². The molecule has 0 spiro atoms. The number of likely N-dealkylation sites (tertiary alicyclic amines) is 1. The molecule has 2 N–H and O–H groups in total. The second-order valence-electron chi connectivity index (χ2n) is 8.71. The van der Waals surface area contributed by atoms with E-state index in [1.807, 2.05) is 0 Å². The molecule has 3 aliphatic rings. The van der Waals surface area contributed by atoms with Crippen LogP contribution in [0.25, 0.3) is 0 Å². The van der Waals surface area contributed by atoms with Crippen molar-refractivity contribution in [2.24, 2.45) is 10.3 Å². The summed E-state index contributed by atoms with van der Waals surface area (Å²) in [5.74, 6) is -1.30. The van der Waals surface area contributed by atoms with Crippen molar-refractivity contribution in [2.45, 2.75) is 30.2 Å². The lowest BCUT2D eigenvalue weighted by Gasteiger charge is -2.33. The van der Waals surface area contributed by atoms with E-state index < -0.39 is 39.3 Å². The second-order valence-corrected chi connectivity index (χ2v) is 10.3. The monoisotopic (exact) mass is 481 g/mol. The molecule has 2 aromatic carbocycles. The molecule has 10 nitrogen and oxygen atoms in total. The van der Waals surface area contributed by atoms with Gasteiger partial charge in [0.2, 0.25) is 5.91 Å². The molecule has 0 unspecified atom stereocenters. The third-order valence-corrected chi connectivity index (χ3v) is 7.79. The topological polar surface area (TPSA) is 128 Å². The number of urea groups is 1. The average Bonchev–Trinajstić information content (AvgIpc) is 3.25. The van der Waals surface area contributed by atoms with Gasteiger partial charge in [-0.3, -0.25) is 15.0 Å². The van der Waals surface area contributed by atoms with Crippen molar-refractivity contribution in [3.8, 4) is 0 Å². The summed E-state index contributed by atoms with van der Waals surface area (Å²) < 4.78 is 28.8. The number of fused-ring (bicyclic) bond motifs is 1. The number of hydrazine groups is 1. The molecule has 34 heavy (non-hydrogen) atoms. The van der Waals surface area contributed by atoms with E-state index in [1.54, 1.807) is 60.4 Å². The zero-order chi connectivity index (χ0) is 24.1. The molecule has 3 aliphatic heterocycles. The number of benzene rings is 2. The zero-order valence-electron chi connectivity index (χ0n) is 18.4. The molecular weight excluding hydrogens is 458 g/mol. The van der Waals surface area contributed by atoms with Crippen LogP contribution in [0.3, 0.4) is 0 Å². The maximum absolute atomic E-state index is 13.1. The Hall–Kier alpha value is -3.73. The molecule has 11 heteroatoms. The standard InChI is InChI=1S/C23H23N5O5S/c1-23(16-9-3-2-4-10-16)21(30)28(22(31)24-23)25-20(29)15-8-7-13-27(14-15)19-17-11-5-6-12-18(17)34(32,33)26-19/h2-6,9-12,15H,7-8,13-14H2,1H3,(H,24,31)(H,25,29)/t15-,23-/m1/s1. The van der Waals surface area contributed by atoms with Crippen LogP contribution >= 0.6 is 0 Å². The number of imide groups is 1. The lowest BCUT2D eigenvalue weighted by molar-refractivity contribution is -0.141. The fourth-order valence-electron chi connectivity index (χ4n) is 4.61. The number of carbonyl (C=O) groups is 3. The first-order chi connectivity index (χ1) is 16.2. The van der Waals surface area contributed by atoms with E-state index >= 15 is 0 Å². The third kappa shape index (κ3) is 3.52. The molecule has 0 aliphatic carbocycles. The Balaban J connectivity index is 1.32. The predicted molar refractivity (Wildman–Crippen MR) is 122 cm³/mol. The van der Waals surface area contributed by atoms with Gasteiger partial charge in [0.1, 0.15) is 10.4 Å². The molecule has 2 atom stereocenters. The number of carbonyl (C=O) groups excluding carboxylic acids is 3. The van der Waals surface area contributed by atoms with Gasteiger partial charge in [0.25, 0.3) is 15.9 Å². The van der Waals surface area contributed by atoms with Crippen LogP contribution in [0.5, 0.6) is 0 Å². The van der Waals surface area contributed by atoms with Crippen LogP contribution in [0.1, 0.15) is 30.9 Å². The number of nitrogens with one attached hydrogen (secondary N) is 2. The summed E-state index contributed by atoms with van der Waals surface area (Å²) in [5.41, 5.74) is 2.29. The quantitative estimate of drug-likeness (QED) is 0.637. The normalized spacial score (nSPS) is 25.6. The van der Waals surface area contributed by atoms with Crippen LogP contribution in [0.4, 0.5) is 4.79 Å². The summed E-state index contributed by atoms with van der Waals surface area (Å²) in [4.78, 5) is 40.6. The number of amides is 4. The number of piperidine rings is 1. The molecule has 2 saturated heterocycles. The van der Waals surface area contributed by atoms with E-state index in [0.717, 1.165) is 5.01 Å². The molecule has 0 bridgehead atoms. The van der Waals surface area contributed by atoms with Crippen LogP contribution < -0.4 is 10.7 Å². The van der Waals surface area contributed by atoms with Gasteiger partial charge in [0, 0.05) is 18.7 Å². The van der Waals surface area contributed by atoms with Gasteiger partial charge < -0.3 is 10.2 Å². The minimum absolute atomic E-state index is 0.149. The third-order valence-electron chi connectivity index (χ3n) is 6.47. The summed E-state index contributed by atoms with van der Waals surface area (Å²) in [6.07, 6.45) is 1.16. The van der Waals surface area contributed by atoms with Gasteiger partial charge >= 0.3 is 6.03 Å². The Morgan fingerprint density at radius 3 is 2.59 bits per heavy atom. The van der Waals surface area contributed by atoms with Crippen LogP contribution in [-0.2, 0) is 25.2 Å². The van der Waals surface area contributed by atoms with Gasteiger partial charge in [-0.15, -0.1) is 4.40 Å². The average molecular weight is 482 g/mol. The van der Waals surface area contributed by atoms with Gasteiger partial charge in [-0.25, -0.2) is 4.79 Å². The first kappa shape index (κ1) is 22.1. The van der Waals surface area contributed by atoms with Crippen LogP contribution in [0.2, 0.25) is 0 Å². The number of sulfonamides is 1. The van der Waals surface area contributed by atoms with Gasteiger partial charge in [0.05, 0.1) is 5.92 Å². The van der Waals surface area contributed by atoms with Crippen LogP contribution in [-0.4, -0.2) is 55.1 Å². The molecular formula is C23H23N5O5S. The van der Waals surface area contributed by atoms with E-state index in [-0.39, 0.29) is 11.4 Å². The number of hydrogen-bond acceptors (Lipinski definition) is 6. The van der Waals surface area contributed by atoms with Crippen molar-refractivity contribution in [1.29, 1.82) is 0 Å². The molecule has 0 radical (unpaired) electrons. The number of nitrogens with zero attached hydrogens (tertiary/aromatic N) is 3. The van der Waals surface area contributed by atoms with Gasteiger partial charge in [-0.05, 0) is 37.5 Å². The predicted octanol–water partition coefficient (Wildman–Crippen LogP) is 1.35. The van der Waals surface area contributed by atoms with Gasteiger partial charge in [0.15, 0.2) is 5.84 Å². The molecule has 0 saturated carbocycles. The Morgan fingerprint density at radius 1 is 1.12 bits per heavy atom. The molecule has 4 amide bonds. The van der Waals surface area contributed by atoms with Crippen molar-refractivity contribution >= 4 is 33.7 Å². The van der Waals surface area contributed by atoms with E-state index in [4.69, 9.17) is 0 Å². The SMILES string of the molecule is C[C@]1(c2ccccc2)NC(=O)N(NC(=O)[C@@H]2CCCN(C3=NS(=O)(=O)c4ccccc43)C2)C1=O. The summed E-state index contributed by atoms with van der Waals surface area (Å²) >= 11 is 0. The van der Waals surface area contributed by atoms with Crippen molar-refractivity contribution < 1.29 is 22.8 Å². The highest BCUT2D eigenvalue weighted by molar-refractivity contribution is 7.90. The molecule has 2 aromatic rings. The van der Waals surface area contributed by atoms with Crippen molar-refractivity contribution in [3.63, 3.8) is 0 Å². The first-order valence-electron chi connectivity index (χ1n) is 10.9. The Bertz CT molecular complexity index is 1330. The van der Waals surface area contributed by atoms with Crippen molar-refractivity contribution in [2.75, 3.05) is 13.1 Å². The molecule has 0 aromatic heterocycles. The van der Waals surface area contributed by atoms with Crippen molar-refractivity contribution in [1.82, 2.24) is 20.7 Å². The highest BCUT2D eigenvalue weighted by Crippen LogP contribution is 2.31. The number of hydrogen-bond donors (Lipinski definition) is 2. The zero-order valence-corrected chi connectivity index (χ0v) is 19.2. The lowest BCUT2D eigenvalue weighted by atomic mass is 9.92. The van der Waals surface area contributed by atoms with Crippen LogP contribution in [0.15, 0.2) is 63.9 Å². The summed E-state index contributed by atoms with van der Waals surface area (Å²) in [6, 6.07) is 14.7. The maximum atomic E-state index is 13.1. The lowest BCUT2D eigenvalue weighted by Crippen LogP contribution is -2.52. The highest BCUT2D eigenvalue weighted by Gasteiger charge is 2.50. The minimum atomic E-state index is -3.77. The highest BCUT2D eigenvalue weighted by atomic mass is 32.2. The Labute approximate surface area is 196 Å². The van der Waals surface area contributed by atoms with Crippen LogP contribution in [0, 0.1) is 5.92 Å². The summed E-state index contributed by atoms with van der Waals surface area (Å²) in [7, 11) is -3.77. The van der Waals surface area contributed by atoms with Gasteiger partial charge in [-0.2, -0.15) is 13.4 Å². The number of amidine groups is 1. The van der Waals surface area contributed by atoms with E-state index in [2.05, 4.69) is 15.1 Å². The largest absolute Gasteiger partial charge is 0.355 e. The maximum Gasteiger partial charge on any atom is 0.344 e. The molecule has 3 heterocycles. The fourth-order valence-corrected chi connectivity index (χ4v) is 5.84. The first-order valence-corrected chi connectivity index (χ1v) is 12.4. The number of rotatable bonds is 3. The summed E-state index contributed by atoms with van der Waals surface area (Å²) in [5, 5.41) is 3.38. The van der Waals surface area contributed by atoms with E-state index in [9.17, 15) is 22.8 Å². The molecule has 5 rings (SSSR count). The minimum Gasteiger partial charge on any atom is -0.355 e.